The summed E-state index contributed by atoms with van der Waals surface area (Å²) in [5, 5.41) is 3.51. The summed E-state index contributed by atoms with van der Waals surface area (Å²) in [4.78, 5) is 2.54. The van der Waals surface area contributed by atoms with Gasteiger partial charge < -0.3 is 15.0 Å². The summed E-state index contributed by atoms with van der Waals surface area (Å²) in [6.45, 7) is 9.77. The maximum atomic E-state index is 5.55. The molecule has 112 valence electrons. The molecule has 1 aromatic rings. The molecule has 1 atom stereocenters. The van der Waals surface area contributed by atoms with Crippen molar-refractivity contribution in [1.29, 1.82) is 0 Å². The highest BCUT2D eigenvalue weighted by molar-refractivity contribution is 5.21. The van der Waals surface area contributed by atoms with E-state index in [0.29, 0.717) is 6.04 Å². The molecule has 0 spiro atoms. The van der Waals surface area contributed by atoms with Crippen molar-refractivity contribution < 1.29 is 4.74 Å². The molecule has 1 heterocycles. The van der Waals surface area contributed by atoms with Gasteiger partial charge in [-0.1, -0.05) is 44.2 Å². The molecule has 0 aliphatic carbocycles. The van der Waals surface area contributed by atoms with Gasteiger partial charge in [-0.15, -0.1) is 0 Å². The molecule has 1 N–H and O–H groups in total. The van der Waals surface area contributed by atoms with E-state index in [4.69, 9.17) is 4.74 Å². The lowest BCUT2D eigenvalue weighted by atomic mass is 9.80. The molecule has 3 nitrogen and oxygen atoms in total. The van der Waals surface area contributed by atoms with E-state index >= 15 is 0 Å². The van der Waals surface area contributed by atoms with Gasteiger partial charge in [-0.2, -0.15) is 0 Å². The molecule has 0 amide bonds. The second-order valence-corrected chi connectivity index (χ2v) is 6.36. The number of hydrogen-bond acceptors (Lipinski definition) is 3. The molecular weight excluding hydrogens is 248 g/mol. The minimum atomic E-state index is 0.181. The van der Waals surface area contributed by atoms with E-state index in [-0.39, 0.29) is 5.41 Å². The molecule has 20 heavy (non-hydrogen) atoms. The first-order valence-electron chi connectivity index (χ1n) is 7.66. The van der Waals surface area contributed by atoms with Crippen LogP contribution in [0, 0.1) is 5.41 Å². The van der Waals surface area contributed by atoms with Crippen LogP contribution >= 0.6 is 0 Å². The minimum Gasteiger partial charge on any atom is -0.380 e. The van der Waals surface area contributed by atoms with Crippen LogP contribution < -0.4 is 5.32 Å². The van der Waals surface area contributed by atoms with E-state index in [1.165, 1.54) is 5.56 Å². The molecule has 1 unspecified atom stereocenters. The third-order valence-corrected chi connectivity index (χ3v) is 4.15. The number of ether oxygens (including phenoxy) is 1. The van der Waals surface area contributed by atoms with Crippen molar-refractivity contribution >= 4 is 0 Å². The molecule has 1 aliphatic rings. The van der Waals surface area contributed by atoms with Crippen molar-refractivity contribution in [3.05, 3.63) is 35.9 Å². The van der Waals surface area contributed by atoms with Gasteiger partial charge in [0.1, 0.15) is 0 Å². The number of nitrogens with one attached hydrogen (secondary N) is 1. The average molecular weight is 276 g/mol. The minimum absolute atomic E-state index is 0.181. The Balaban J connectivity index is 2.06. The number of benzene rings is 1. The summed E-state index contributed by atoms with van der Waals surface area (Å²) in [5.74, 6) is 0. The Morgan fingerprint density at radius 2 is 1.95 bits per heavy atom. The molecule has 1 fully saturated rings. The van der Waals surface area contributed by atoms with Crippen LogP contribution in [0.1, 0.15) is 31.9 Å². The fraction of sp³-hybridized carbons (Fsp3) is 0.647. The highest BCUT2D eigenvalue weighted by atomic mass is 16.5. The predicted molar refractivity (Wildman–Crippen MR) is 83.9 cm³/mol. The Morgan fingerprint density at radius 3 is 2.65 bits per heavy atom. The predicted octanol–water partition coefficient (Wildman–Crippen LogP) is 2.70. The van der Waals surface area contributed by atoms with Crippen molar-refractivity contribution in [3.8, 4) is 0 Å². The molecule has 1 saturated heterocycles. The van der Waals surface area contributed by atoms with Crippen LogP contribution in [0.25, 0.3) is 0 Å². The van der Waals surface area contributed by atoms with Gasteiger partial charge in [0.15, 0.2) is 0 Å². The van der Waals surface area contributed by atoms with Gasteiger partial charge in [-0.05, 0) is 24.4 Å². The van der Waals surface area contributed by atoms with Gasteiger partial charge >= 0.3 is 0 Å². The first-order chi connectivity index (χ1) is 9.63. The van der Waals surface area contributed by atoms with Gasteiger partial charge in [0, 0.05) is 32.3 Å². The zero-order valence-corrected chi connectivity index (χ0v) is 13.1. The summed E-state index contributed by atoms with van der Waals surface area (Å²) in [7, 11) is 2.06. The standard InChI is InChI=1S/C17H28N2O/c1-17(2,14-19-10-7-12-20-13-11-19)16(18-3)15-8-5-4-6-9-15/h4-6,8-9,16,18H,7,10-14H2,1-3H3. The van der Waals surface area contributed by atoms with Gasteiger partial charge in [-0.3, -0.25) is 0 Å². The Labute approximate surface area is 123 Å². The maximum absolute atomic E-state index is 5.55. The summed E-state index contributed by atoms with van der Waals surface area (Å²) < 4.78 is 5.55. The van der Waals surface area contributed by atoms with Crippen LogP contribution in [-0.4, -0.2) is 44.8 Å². The maximum Gasteiger partial charge on any atom is 0.0593 e. The molecular formula is C17H28N2O. The average Bonchev–Trinajstić information content (AvgIpc) is 2.68. The van der Waals surface area contributed by atoms with Crippen LogP contribution in [0.4, 0.5) is 0 Å². The van der Waals surface area contributed by atoms with Crippen LogP contribution in [0.2, 0.25) is 0 Å². The second kappa shape index (κ2) is 7.21. The highest BCUT2D eigenvalue weighted by Gasteiger charge is 2.31. The first-order valence-corrected chi connectivity index (χ1v) is 7.66. The summed E-state index contributed by atoms with van der Waals surface area (Å²) >= 11 is 0. The first kappa shape index (κ1) is 15.5. The highest BCUT2D eigenvalue weighted by Crippen LogP contribution is 2.34. The molecule has 1 aromatic carbocycles. The van der Waals surface area contributed by atoms with Crippen LogP contribution in [0.3, 0.4) is 0 Å². The van der Waals surface area contributed by atoms with Gasteiger partial charge in [-0.25, -0.2) is 0 Å². The normalized spacial score (nSPS) is 19.6. The molecule has 1 aliphatic heterocycles. The quantitative estimate of drug-likeness (QED) is 0.895. The van der Waals surface area contributed by atoms with Crippen molar-refractivity contribution in [2.24, 2.45) is 5.41 Å². The summed E-state index contributed by atoms with van der Waals surface area (Å²) in [6.07, 6.45) is 1.14. The van der Waals surface area contributed by atoms with Crippen molar-refractivity contribution in [2.45, 2.75) is 26.3 Å². The van der Waals surface area contributed by atoms with E-state index in [2.05, 4.69) is 61.4 Å². The van der Waals surface area contributed by atoms with E-state index < -0.39 is 0 Å². The molecule has 0 aromatic heterocycles. The van der Waals surface area contributed by atoms with E-state index in [1.54, 1.807) is 0 Å². The lowest BCUT2D eigenvalue weighted by Gasteiger charge is -2.38. The molecule has 0 radical (unpaired) electrons. The number of nitrogens with zero attached hydrogens (tertiary/aromatic N) is 1. The fourth-order valence-electron chi connectivity index (χ4n) is 3.28. The van der Waals surface area contributed by atoms with Crippen molar-refractivity contribution in [1.82, 2.24) is 10.2 Å². The van der Waals surface area contributed by atoms with Crippen LogP contribution in [0.15, 0.2) is 30.3 Å². The second-order valence-electron chi connectivity index (χ2n) is 6.36. The van der Waals surface area contributed by atoms with Crippen molar-refractivity contribution in [3.63, 3.8) is 0 Å². The molecule has 2 rings (SSSR count). The lowest BCUT2D eigenvalue weighted by Crippen LogP contribution is -2.42. The Hall–Kier alpha value is -0.900. The zero-order valence-electron chi connectivity index (χ0n) is 13.1. The SMILES string of the molecule is CNC(c1ccccc1)C(C)(C)CN1CCCOCC1. The van der Waals surface area contributed by atoms with Crippen LogP contribution in [0.5, 0.6) is 0 Å². The summed E-state index contributed by atoms with van der Waals surface area (Å²) in [5.41, 5.74) is 1.55. The third-order valence-electron chi connectivity index (χ3n) is 4.15. The molecule has 0 bridgehead atoms. The largest absolute Gasteiger partial charge is 0.380 e. The zero-order chi connectivity index (χ0) is 14.4. The monoisotopic (exact) mass is 276 g/mol. The fourth-order valence-corrected chi connectivity index (χ4v) is 3.28. The third kappa shape index (κ3) is 4.05. The number of hydrogen-bond donors (Lipinski definition) is 1. The van der Waals surface area contributed by atoms with Gasteiger partial charge in [0.2, 0.25) is 0 Å². The van der Waals surface area contributed by atoms with E-state index in [0.717, 1.165) is 39.3 Å². The summed E-state index contributed by atoms with van der Waals surface area (Å²) in [6, 6.07) is 11.1. The Morgan fingerprint density at radius 1 is 1.20 bits per heavy atom. The van der Waals surface area contributed by atoms with Crippen LogP contribution in [-0.2, 0) is 4.74 Å². The van der Waals surface area contributed by atoms with Gasteiger partial charge in [0.25, 0.3) is 0 Å². The Kier molecular flexibility index (Phi) is 5.58. The Bertz CT molecular complexity index is 383. The smallest absolute Gasteiger partial charge is 0.0593 e. The van der Waals surface area contributed by atoms with Crippen molar-refractivity contribution in [2.75, 3.05) is 39.9 Å². The molecule has 0 saturated carbocycles. The molecule has 3 heteroatoms. The van der Waals surface area contributed by atoms with E-state index in [9.17, 15) is 0 Å². The lowest BCUT2D eigenvalue weighted by molar-refractivity contribution is 0.118. The topological polar surface area (TPSA) is 24.5 Å². The van der Waals surface area contributed by atoms with Gasteiger partial charge in [0.05, 0.1) is 6.61 Å². The van der Waals surface area contributed by atoms with E-state index in [1.807, 2.05) is 0 Å². The number of rotatable bonds is 5.